The van der Waals surface area contributed by atoms with Gasteiger partial charge in [-0.05, 0) is 55.9 Å². The molecule has 1 saturated heterocycles. The molecule has 1 aromatic carbocycles. The van der Waals surface area contributed by atoms with E-state index in [1.807, 2.05) is 23.1 Å². The first kappa shape index (κ1) is 18.6. The molecule has 3 amide bonds. The Balaban J connectivity index is 1.26. The first-order valence-corrected chi connectivity index (χ1v) is 11.1. The van der Waals surface area contributed by atoms with Gasteiger partial charge in [-0.1, -0.05) is 19.3 Å². The Labute approximate surface area is 171 Å². The van der Waals surface area contributed by atoms with Crippen LogP contribution >= 0.6 is 0 Å². The van der Waals surface area contributed by atoms with Gasteiger partial charge in [0.1, 0.15) is 0 Å². The lowest BCUT2D eigenvalue weighted by Gasteiger charge is -2.24. The Bertz CT molecular complexity index is 842. The van der Waals surface area contributed by atoms with Gasteiger partial charge in [-0.25, -0.2) is 0 Å². The van der Waals surface area contributed by atoms with Crippen molar-refractivity contribution in [2.75, 3.05) is 22.9 Å². The van der Waals surface area contributed by atoms with Crippen LogP contribution < -0.4 is 15.1 Å². The summed E-state index contributed by atoms with van der Waals surface area (Å²) in [6.45, 7) is 1.18. The molecule has 3 fully saturated rings. The van der Waals surface area contributed by atoms with Crippen molar-refractivity contribution in [2.24, 2.45) is 11.8 Å². The number of rotatable bonds is 4. The van der Waals surface area contributed by atoms with E-state index in [1.54, 1.807) is 4.90 Å². The largest absolute Gasteiger partial charge is 0.353 e. The molecule has 0 unspecified atom stereocenters. The second kappa shape index (κ2) is 7.47. The molecular formula is C23H29N3O3. The minimum atomic E-state index is -0.273. The average Bonchev–Trinajstić information content (AvgIpc) is 3.38. The summed E-state index contributed by atoms with van der Waals surface area (Å²) < 4.78 is 0. The molecule has 6 heteroatoms. The van der Waals surface area contributed by atoms with Crippen molar-refractivity contribution in [3.8, 4) is 0 Å². The fraction of sp³-hybridized carbons (Fsp3) is 0.609. The maximum absolute atomic E-state index is 12.7. The van der Waals surface area contributed by atoms with Crippen molar-refractivity contribution < 1.29 is 14.4 Å². The minimum absolute atomic E-state index is 0.0117. The van der Waals surface area contributed by atoms with Crippen LogP contribution in [0.5, 0.6) is 0 Å². The number of carbonyl (C=O) groups is 3. The van der Waals surface area contributed by atoms with Gasteiger partial charge in [0, 0.05) is 42.8 Å². The number of benzene rings is 1. The third-order valence-corrected chi connectivity index (χ3v) is 6.91. The first-order chi connectivity index (χ1) is 14.1. The van der Waals surface area contributed by atoms with Crippen LogP contribution in [-0.4, -0.2) is 36.9 Å². The number of fused-ring (bicyclic) bond motifs is 1. The van der Waals surface area contributed by atoms with Gasteiger partial charge in [0.15, 0.2) is 0 Å². The zero-order valence-electron chi connectivity index (χ0n) is 16.9. The maximum Gasteiger partial charge on any atom is 0.230 e. The maximum atomic E-state index is 12.7. The monoisotopic (exact) mass is 395 g/mol. The third kappa shape index (κ3) is 3.65. The molecule has 154 valence electrons. The first-order valence-electron chi connectivity index (χ1n) is 11.1. The van der Waals surface area contributed by atoms with E-state index in [2.05, 4.69) is 5.32 Å². The van der Waals surface area contributed by atoms with Crippen LogP contribution in [0.2, 0.25) is 0 Å². The molecule has 2 aliphatic heterocycles. The van der Waals surface area contributed by atoms with Crippen LogP contribution in [0.4, 0.5) is 11.4 Å². The molecule has 1 aromatic rings. The molecule has 2 heterocycles. The molecule has 1 atom stereocenters. The number of anilines is 2. The van der Waals surface area contributed by atoms with E-state index in [0.717, 1.165) is 55.6 Å². The summed E-state index contributed by atoms with van der Waals surface area (Å²) >= 11 is 0. The zero-order valence-corrected chi connectivity index (χ0v) is 16.9. The summed E-state index contributed by atoms with van der Waals surface area (Å²) in [5.41, 5.74) is 2.96. The molecule has 1 N–H and O–H groups in total. The average molecular weight is 396 g/mol. The zero-order chi connectivity index (χ0) is 20.0. The normalized spacial score (nSPS) is 24.7. The van der Waals surface area contributed by atoms with Crippen molar-refractivity contribution in [1.29, 1.82) is 0 Å². The number of amides is 3. The fourth-order valence-electron chi connectivity index (χ4n) is 5.03. The van der Waals surface area contributed by atoms with E-state index in [9.17, 15) is 14.4 Å². The van der Waals surface area contributed by atoms with Crippen LogP contribution in [0.15, 0.2) is 18.2 Å². The lowest BCUT2D eigenvalue weighted by Crippen LogP contribution is -2.40. The number of nitrogens with one attached hydrogen (secondary N) is 1. The lowest BCUT2D eigenvalue weighted by atomic mass is 9.95. The Morgan fingerprint density at radius 3 is 2.55 bits per heavy atom. The molecule has 0 spiro atoms. The fourth-order valence-corrected chi connectivity index (χ4v) is 5.03. The van der Waals surface area contributed by atoms with Crippen molar-refractivity contribution in [2.45, 2.75) is 63.8 Å². The molecule has 0 radical (unpaired) electrons. The van der Waals surface area contributed by atoms with E-state index < -0.39 is 0 Å². The van der Waals surface area contributed by atoms with Crippen molar-refractivity contribution in [1.82, 2.24) is 5.32 Å². The van der Waals surface area contributed by atoms with Gasteiger partial charge in [0.2, 0.25) is 17.7 Å². The van der Waals surface area contributed by atoms with Gasteiger partial charge < -0.3 is 15.1 Å². The van der Waals surface area contributed by atoms with Crippen molar-refractivity contribution in [3.05, 3.63) is 23.8 Å². The summed E-state index contributed by atoms with van der Waals surface area (Å²) in [6, 6.07) is 6.21. The van der Waals surface area contributed by atoms with Gasteiger partial charge in [0.05, 0.1) is 5.92 Å². The van der Waals surface area contributed by atoms with E-state index in [0.29, 0.717) is 6.54 Å². The number of nitrogens with zero attached hydrogens (tertiary/aromatic N) is 2. The molecule has 2 saturated carbocycles. The van der Waals surface area contributed by atoms with Gasteiger partial charge in [-0.15, -0.1) is 0 Å². The van der Waals surface area contributed by atoms with Crippen molar-refractivity contribution in [3.63, 3.8) is 0 Å². The third-order valence-electron chi connectivity index (χ3n) is 6.91. The number of hydrogen-bond acceptors (Lipinski definition) is 3. The Morgan fingerprint density at radius 2 is 1.79 bits per heavy atom. The molecule has 0 bridgehead atoms. The molecule has 6 nitrogen and oxygen atoms in total. The molecule has 4 aliphatic rings. The highest BCUT2D eigenvalue weighted by Gasteiger charge is 2.38. The quantitative estimate of drug-likeness (QED) is 0.852. The van der Waals surface area contributed by atoms with E-state index >= 15 is 0 Å². The summed E-state index contributed by atoms with van der Waals surface area (Å²) in [4.78, 5) is 41.4. The number of hydrogen-bond donors (Lipinski definition) is 1. The predicted molar refractivity (Wildman–Crippen MR) is 111 cm³/mol. The summed E-state index contributed by atoms with van der Waals surface area (Å²) in [5, 5.41) is 3.17. The summed E-state index contributed by atoms with van der Waals surface area (Å²) in [5.74, 6) is 0.218. The molecular weight excluding hydrogens is 366 g/mol. The van der Waals surface area contributed by atoms with E-state index in [-0.39, 0.29) is 42.0 Å². The smallest absolute Gasteiger partial charge is 0.230 e. The highest BCUT2D eigenvalue weighted by atomic mass is 16.2. The Kier molecular flexibility index (Phi) is 4.80. The van der Waals surface area contributed by atoms with E-state index in [4.69, 9.17) is 0 Å². The predicted octanol–water partition coefficient (Wildman–Crippen LogP) is 2.79. The van der Waals surface area contributed by atoms with Gasteiger partial charge >= 0.3 is 0 Å². The molecule has 2 aliphatic carbocycles. The van der Waals surface area contributed by atoms with Crippen LogP contribution in [0, 0.1) is 11.8 Å². The lowest BCUT2D eigenvalue weighted by molar-refractivity contribution is -0.127. The Morgan fingerprint density at radius 1 is 1.00 bits per heavy atom. The van der Waals surface area contributed by atoms with Crippen LogP contribution in [-0.2, 0) is 20.8 Å². The molecule has 5 rings (SSSR count). The highest BCUT2D eigenvalue weighted by molar-refractivity contribution is 6.02. The molecule has 0 aromatic heterocycles. The van der Waals surface area contributed by atoms with E-state index in [1.165, 1.54) is 19.3 Å². The van der Waals surface area contributed by atoms with Crippen LogP contribution in [0.1, 0.15) is 56.9 Å². The SMILES string of the molecule is O=C(NC1CCCCC1)[C@H]1CC(=O)N(c2ccc3c(c2)CCN3C(=O)C2CC2)C1. The Hall–Kier alpha value is -2.37. The standard InChI is InChI=1S/C23H29N3O3/c27-21-13-17(22(28)24-18-4-2-1-3-5-18)14-26(21)19-8-9-20-16(12-19)10-11-25(20)23(29)15-6-7-15/h8-9,12,15,17-18H,1-7,10-11,13-14H2,(H,24,28)/t17-/m0/s1. The second-order valence-corrected chi connectivity index (χ2v) is 9.08. The number of carbonyl (C=O) groups excluding carboxylic acids is 3. The second-order valence-electron chi connectivity index (χ2n) is 9.08. The highest BCUT2D eigenvalue weighted by Crippen LogP contribution is 2.38. The van der Waals surface area contributed by atoms with Gasteiger partial charge in [-0.2, -0.15) is 0 Å². The topological polar surface area (TPSA) is 69.7 Å². The summed E-state index contributed by atoms with van der Waals surface area (Å²) in [7, 11) is 0. The minimum Gasteiger partial charge on any atom is -0.353 e. The van der Waals surface area contributed by atoms with Gasteiger partial charge in [0.25, 0.3) is 0 Å². The van der Waals surface area contributed by atoms with Crippen LogP contribution in [0.25, 0.3) is 0 Å². The van der Waals surface area contributed by atoms with Gasteiger partial charge in [-0.3, -0.25) is 14.4 Å². The van der Waals surface area contributed by atoms with Crippen molar-refractivity contribution >= 4 is 29.1 Å². The molecule has 29 heavy (non-hydrogen) atoms. The van der Waals surface area contributed by atoms with Crippen LogP contribution in [0.3, 0.4) is 0 Å². The summed E-state index contributed by atoms with van der Waals surface area (Å²) in [6.07, 6.45) is 8.84.